The van der Waals surface area contributed by atoms with Crippen LogP contribution in [0.3, 0.4) is 0 Å². The molecule has 1 aliphatic rings. The van der Waals surface area contributed by atoms with Gasteiger partial charge in [0.2, 0.25) is 5.91 Å². The second-order valence-electron chi connectivity index (χ2n) is 8.70. The maximum atomic E-state index is 13.3. The summed E-state index contributed by atoms with van der Waals surface area (Å²) in [4.78, 5) is 21.9. The first kappa shape index (κ1) is 27.5. The second kappa shape index (κ2) is 12.2. The molecule has 0 bridgehead atoms. The lowest BCUT2D eigenvalue weighted by Crippen LogP contribution is -2.23. The number of aromatic nitrogens is 2. The molecule has 0 radical (unpaired) electrons. The van der Waals surface area contributed by atoms with E-state index in [1.54, 1.807) is 26.0 Å². The smallest absolute Gasteiger partial charge is 0.309 e. The molecule has 192 valence electrons. The van der Waals surface area contributed by atoms with E-state index in [1.165, 1.54) is 50.2 Å². The first-order valence-electron chi connectivity index (χ1n) is 12.0. The van der Waals surface area contributed by atoms with Crippen molar-refractivity contribution in [2.75, 3.05) is 24.8 Å². The van der Waals surface area contributed by atoms with Gasteiger partial charge < -0.3 is 14.4 Å². The largest absolute Gasteiger partial charge is 0.381 e. The summed E-state index contributed by atoms with van der Waals surface area (Å²) in [6.07, 6.45) is 10.1. The fourth-order valence-corrected chi connectivity index (χ4v) is 6.40. The first-order valence-corrected chi connectivity index (χ1v) is 15.4. The van der Waals surface area contributed by atoms with Gasteiger partial charge in [0.15, 0.2) is 21.1 Å². The van der Waals surface area contributed by atoms with Crippen molar-refractivity contribution in [3.8, 4) is 0 Å². The van der Waals surface area contributed by atoms with Gasteiger partial charge in [0.1, 0.15) is 0 Å². The van der Waals surface area contributed by atoms with E-state index in [2.05, 4.69) is 15.3 Å². The molecule has 3 rings (SSSR count). The van der Waals surface area contributed by atoms with Gasteiger partial charge in [-0.05, 0) is 50.3 Å². The fourth-order valence-electron chi connectivity index (χ4n) is 4.35. The second-order valence-corrected chi connectivity index (χ2v) is 12.7. The molecule has 0 unspecified atom stereocenters. The molecule has 0 saturated heterocycles. The number of nitrogens with one attached hydrogen (secondary N) is 1. The van der Waals surface area contributed by atoms with Crippen LogP contribution in [-0.2, 0) is 28.2 Å². The number of sulfone groups is 1. The number of amides is 1. The van der Waals surface area contributed by atoms with Crippen LogP contribution in [0.1, 0.15) is 63.9 Å². The highest BCUT2D eigenvalue weighted by atomic mass is 32.2. The average molecular weight is 524 g/mol. The van der Waals surface area contributed by atoms with E-state index >= 15 is 0 Å². The number of hydrogen-bond donors (Lipinski definition) is 1. The first-order chi connectivity index (χ1) is 16.7. The highest BCUT2D eigenvalue weighted by Crippen LogP contribution is 2.45. The van der Waals surface area contributed by atoms with Crippen LogP contribution in [0.15, 0.2) is 41.6 Å². The Kier molecular flexibility index (Phi) is 9.58. The van der Waals surface area contributed by atoms with Gasteiger partial charge in [-0.15, -0.1) is 0 Å². The molecule has 1 aliphatic carbocycles. The third-order valence-electron chi connectivity index (χ3n) is 6.13. The highest BCUT2D eigenvalue weighted by Gasteiger charge is 2.29. The molecular weight excluding hydrogens is 489 g/mol. The Morgan fingerprint density at radius 2 is 1.71 bits per heavy atom. The summed E-state index contributed by atoms with van der Waals surface area (Å²) in [6.45, 7) is 3.81. The summed E-state index contributed by atoms with van der Waals surface area (Å²) in [6, 6.07) is 6.47. The van der Waals surface area contributed by atoms with Crippen molar-refractivity contribution in [1.29, 1.82) is 0 Å². The van der Waals surface area contributed by atoms with E-state index in [1.807, 2.05) is 0 Å². The maximum Gasteiger partial charge on any atom is 0.381 e. The quantitative estimate of drug-likeness (QED) is 0.404. The monoisotopic (exact) mass is 523 g/mol. The molecule has 0 aliphatic heterocycles. The zero-order chi connectivity index (χ0) is 25.5. The van der Waals surface area contributed by atoms with Crippen molar-refractivity contribution in [3.63, 3.8) is 0 Å². The number of hydrogen-bond acceptors (Lipinski definition) is 8. The van der Waals surface area contributed by atoms with Crippen LogP contribution in [0.2, 0.25) is 0 Å². The Balaban J connectivity index is 1.78. The summed E-state index contributed by atoms with van der Waals surface area (Å²) in [7, 11) is -6.90. The molecular formula is C24H34N3O6PS. The Morgan fingerprint density at radius 3 is 2.23 bits per heavy atom. The van der Waals surface area contributed by atoms with Crippen LogP contribution in [-0.4, -0.2) is 43.8 Å². The molecule has 1 fully saturated rings. The maximum absolute atomic E-state index is 13.3. The summed E-state index contributed by atoms with van der Waals surface area (Å²) < 4.78 is 47.1. The van der Waals surface area contributed by atoms with Gasteiger partial charge in [-0.3, -0.25) is 9.36 Å². The van der Waals surface area contributed by atoms with E-state index in [0.717, 1.165) is 18.2 Å². The number of rotatable bonds is 12. The highest BCUT2D eigenvalue weighted by molar-refractivity contribution is 7.90. The Morgan fingerprint density at radius 1 is 1.09 bits per heavy atom. The van der Waals surface area contributed by atoms with Gasteiger partial charge >= 0.3 is 7.60 Å². The molecule has 11 heteroatoms. The third kappa shape index (κ3) is 7.43. The van der Waals surface area contributed by atoms with Crippen LogP contribution in [0.5, 0.6) is 0 Å². The Labute approximate surface area is 207 Å². The molecule has 1 amide bonds. The van der Waals surface area contributed by atoms with Crippen LogP contribution < -0.4 is 10.8 Å². The van der Waals surface area contributed by atoms with Crippen molar-refractivity contribution in [3.05, 3.63) is 42.2 Å². The predicted molar refractivity (Wildman–Crippen MR) is 135 cm³/mol. The fraction of sp³-hybridized carbons (Fsp3) is 0.542. The zero-order valence-electron chi connectivity index (χ0n) is 20.5. The van der Waals surface area contributed by atoms with E-state index in [-0.39, 0.29) is 35.3 Å². The molecule has 1 saturated carbocycles. The summed E-state index contributed by atoms with van der Waals surface area (Å²) in [5.74, 6) is 0.0986. The number of carbonyl (C=O) groups excluding carboxylic acids is 1. The molecule has 35 heavy (non-hydrogen) atoms. The molecule has 2 aromatic rings. The molecule has 1 atom stereocenters. The summed E-state index contributed by atoms with van der Waals surface area (Å²) in [5, 5.41) is 2.80. The number of nitrogens with zero attached hydrogens (tertiary/aromatic N) is 2. The molecule has 1 aromatic carbocycles. The average Bonchev–Trinajstić information content (AvgIpc) is 3.33. The lowest BCUT2D eigenvalue weighted by atomic mass is 9.89. The molecule has 0 spiro atoms. The topological polar surface area (TPSA) is 125 Å². The van der Waals surface area contributed by atoms with Crippen LogP contribution in [0.25, 0.3) is 0 Å². The summed E-state index contributed by atoms with van der Waals surface area (Å²) >= 11 is 0. The Hall–Kier alpha value is -2.13. The minimum absolute atomic E-state index is 0.0772. The van der Waals surface area contributed by atoms with E-state index < -0.39 is 23.4 Å². The number of anilines is 1. The van der Waals surface area contributed by atoms with Crippen molar-refractivity contribution < 1.29 is 26.8 Å². The van der Waals surface area contributed by atoms with Crippen molar-refractivity contribution in [2.24, 2.45) is 5.92 Å². The van der Waals surface area contributed by atoms with Crippen molar-refractivity contribution >= 4 is 34.6 Å². The lowest BCUT2D eigenvalue weighted by molar-refractivity contribution is -0.117. The van der Waals surface area contributed by atoms with Crippen molar-refractivity contribution in [1.82, 2.24) is 9.97 Å². The van der Waals surface area contributed by atoms with Crippen molar-refractivity contribution in [2.45, 2.75) is 63.2 Å². The van der Waals surface area contributed by atoms with Gasteiger partial charge in [0, 0.05) is 6.26 Å². The SMILES string of the molecule is CCOP(=O)(OCC)c1cnc(NC(=O)[C@H](CCC2CCCC2)c2ccc(S(C)(=O)=O)cc2)cn1. The molecule has 1 heterocycles. The summed E-state index contributed by atoms with van der Waals surface area (Å²) in [5.41, 5.74) is 0.822. The predicted octanol–water partition coefficient (Wildman–Crippen LogP) is 4.46. The minimum atomic E-state index is -3.57. The van der Waals surface area contributed by atoms with Crippen LogP contribution in [0.4, 0.5) is 5.82 Å². The number of carbonyl (C=O) groups is 1. The van der Waals surface area contributed by atoms with Gasteiger partial charge in [-0.25, -0.2) is 18.4 Å². The van der Waals surface area contributed by atoms with E-state index in [0.29, 0.717) is 12.3 Å². The molecule has 1 N–H and O–H groups in total. The van der Waals surface area contributed by atoms with E-state index in [9.17, 15) is 17.8 Å². The standard InChI is InChI=1S/C24H34N3O6PS/c1-4-32-34(29,33-5-2)23-17-25-22(16-26-23)27-24(28)21(15-10-18-8-6-7-9-18)19-11-13-20(14-12-19)35(3,30)31/h11-14,16-18,21H,4-10,15H2,1-3H3,(H,25,27,28)/t21-/m1/s1. The van der Waals surface area contributed by atoms with Gasteiger partial charge in [-0.1, -0.05) is 37.8 Å². The van der Waals surface area contributed by atoms with Gasteiger partial charge in [0.05, 0.1) is 36.4 Å². The Bertz CT molecular complexity index is 1120. The molecule has 9 nitrogen and oxygen atoms in total. The van der Waals surface area contributed by atoms with Gasteiger partial charge in [-0.2, -0.15) is 0 Å². The van der Waals surface area contributed by atoms with Gasteiger partial charge in [0.25, 0.3) is 0 Å². The zero-order valence-corrected chi connectivity index (χ0v) is 22.2. The van der Waals surface area contributed by atoms with Crippen LogP contribution in [0, 0.1) is 5.92 Å². The lowest BCUT2D eigenvalue weighted by Gasteiger charge is -2.20. The molecule has 1 aromatic heterocycles. The number of benzene rings is 1. The normalized spacial score (nSPS) is 15.7. The van der Waals surface area contributed by atoms with Crippen LogP contribution >= 0.6 is 7.60 Å². The van der Waals surface area contributed by atoms with E-state index in [4.69, 9.17) is 9.05 Å². The minimum Gasteiger partial charge on any atom is -0.309 e. The third-order valence-corrected chi connectivity index (χ3v) is 9.25.